The summed E-state index contributed by atoms with van der Waals surface area (Å²) in [4.78, 5) is 29.4. The predicted molar refractivity (Wildman–Crippen MR) is 150 cm³/mol. The van der Waals surface area contributed by atoms with E-state index in [1.165, 1.54) is 18.6 Å². The fraction of sp³-hybridized carbons (Fsp3) is 0.679. The summed E-state index contributed by atoms with van der Waals surface area (Å²) in [6.45, 7) is 1.71. The highest BCUT2D eigenvalue weighted by molar-refractivity contribution is 7.89. The Hall–Kier alpha value is -2.66. The van der Waals surface area contributed by atoms with Crippen molar-refractivity contribution in [2.24, 2.45) is 17.6 Å². The van der Waals surface area contributed by atoms with Crippen LogP contribution in [0.1, 0.15) is 88.7 Å². The van der Waals surface area contributed by atoms with Crippen LogP contribution < -0.4 is 15.8 Å². The van der Waals surface area contributed by atoms with Gasteiger partial charge in [0.25, 0.3) is 0 Å². The first-order valence-electron chi connectivity index (χ1n) is 14.4. The first-order chi connectivity index (χ1) is 18.6. The molecule has 2 amide bonds. The van der Waals surface area contributed by atoms with Gasteiger partial charge in [-0.15, -0.1) is 0 Å². The molecule has 4 unspecified atom stereocenters. The number of benzene rings is 1. The zero-order chi connectivity index (χ0) is 28.2. The molecule has 6 N–H and O–H groups in total. The van der Waals surface area contributed by atoms with Crippen LogP contribution in [-0.2, 0) is 26.2 Å². The number of nitrogens with one attached hydrogen (secondary N) is 3. The van der Waals surface area contributed by atoms with E-state index in [9.17, 15) is 23.1 Å². The maximum Gasteiger partial charge on any atom is 0.243 e. The lowest BCUT2D eigenvalue weighted by Gasteiger charge is -2.37. The smallest absolute Gasteiger partial charge is 0.243 e. The van der Waals surface area contributed by atoms with Gasteiger partial charge >= 0.3 is 0 Å². The summed E-state index contributed by atoms with van der Waals surface area (Å²) in [6, 6.07) is 3.08. The molecule has 0 bridgehead atoms. The minimum atomic E-state index is -3.62. The minimum absolute atomic E-state index is 0.0686. The van der Waals surface area contributed by atoms with Crippen molar-refractivity contribution in [3.63, 3.8) is 0 Å². The normalized spacial score (nSPS) is 24.6. The molecule has 3 aliphatic rings. The molecular weight excluding hydrogens is 518 g/mol. The fourth-order valence-corrected chi connectivity index (χ4v) is 7.47. The molecule has 39 heavy (non-hydrogen) atoms. The Morgan fingerprint density at radius 1 is 1.13 bits per heavy atom. The Labute approximate surface area is 231 Å². The van der Waals surface area contributed by atoms with Crippen LogP contribution in [0.5, 0.6) is 5.75 Å². The first kappa shape index (κ1) is 29.3. The molecule has 0 spiro atoms. The minimum Gasteiger partial charge on any atom is -0.507 e. The molecule has 1 heterocycles. The van der Waals surface area contributed by atoms with E-state index in [2.05, 4.69) is 10.0 Å². The van der Waals surface area contributed by atoms with Gasteiger partial charge < -0.3 is 21.1 Å². The molecule has 10 nitrogen and oxygen atoms in total. The summed E-state index contributed by atoms with van der Waals surface area (Å²) < 4.78 is 27.9. The number of fused-ring (bicyclic) bond motifs is 1. The van der Waals surface area contributed by atoms with Gasteiger partial charge in [-0.3, -0.25) is 15.0 Å². The van der Waals surface area contributed by atoms with Crippen molar-refractivity contribution >= 4 is 27.7 Å². The van der Waals surface area contributed by atoms with Crippen LogP contribution in [0.4, 0.5) is 0 Å². The van der Waals surface area contributed by atoms with Crippen LogP contribution in [0.25, 0.3) is 0 Å². The number of rotatable bonds is 10. The van der Waals surface area contributed by atoms with E-state index in [0.717, 1.165) is 51.4 Å². The van der Waals surface area contributed by atoms with Crippen LogP contribution in [0, 0.1) is 17.2 Å². The van der Waals surface area contributed by atoms with E-state index < -0.39 is 22.1 Å². The monoisotopic (exact) mass is 561 g/mol. The second-order valence-corrected chi connectivity index (χ2v) is 13.4. The molecule has 1 aromatic rings. The SMILES string of the molecule is CCS(=O)(=O)NC(CC1CCCCC1)C(=O)N1C(C(=O)NCc2ccc(C(=N)N)c(O)c2)CC2CCCCC21. The number of phenolic OH excluding ortho intramolecular Hbond substituents is 1. The van der Waals surface area contributed by atoms with E-state index in [1.807, 2.05) is 0 Å². The largest absolute Gasteiger partial charge is 0.507 e. The van der Waals surface area contributed by atoms with Gasteiger partial charge in [0.2, 0.25) is 21.8 Å². The molecule has 4 atom stereocenters. The molecule has 0 radical (unpaired) electrons. The number of amidine groups is 1. The van der Waals surface area contributed by atoms with E-state index in [1.54, 1.807) is 17.9 Å². The molecule has 4 rings (SSSR count). The quantitative estimate of drug-likeness (QED) is 0.218. The highest BCUT2D eigenvalue weighted by atomic mass is 32.2. The molecule has 216 valence electrons. The number of nitrogens with zero attached hydrogens (tertiary/aromatic N) is 1. The number of hydrogen-bond donors (Lipinski definition) is 5. The Morgan fingerprint density at radius 2 is 1.82 bits per heavy atom. The summed E-state index contributed by atoms with van der Waals surface area (Å²) in [5.74, 6) is -0.533. The highest BCUT2D eigenvalue weighted by Crippen LogP contribution is 2.41. The van der Waals surface area contributed by atoms with Crippen LogP contribution in [0.15, 0.2) is 18.2 Å². The van der Waals surface area contributed by atoms with Gasteiger partial charge in [-0.1, -0.05) is 51.0 Å². The summed E-state index contributed by atoms with van der Waals surface area (Å²) in [5.41, 5.74) is 6.34. The maximum atomic E-state index is 14.2. The molecule has 0 aromatic heterocycles. The maximum absolute atomic E-state index is 14.2. The van der Waals surface area contributed by atoms with Crippen LogP contribution in [0.2, 0.25) is 0 Å². The van der Waals surface area contributed by atoms with Gasteiger partial charge in [-0.25, -0.2) is 13.1 Å². The van der Waals surface area contributed by atoms with Gasteiger partial charge in [0.05, 0.1) is 11.3 Å². The summed E-state index contributed by atoms with van der Waals surface area (Å²) in [5, 5.41) is 20.6. The van der Waals surface area contributed by atoms with Crippen molar-refractivity contribution in [1.82, 2.24) is 14.9 Å². The number of phenols is 1. The molecular formula is C28H43N5O5S. The third-order valence-electron chi connectivity index (χ3n) is 8.76. The van der Waals surface area contributed by atoms with Crippen molar-refractivity contribution in [2.45, 2.75) is 102 Å². The van der Waals surface area contributed by atoms with Crippen LogP contribution >= 0.6 is 0 Å². The Balaban J connectivity index is 1.54. The van der Waals surface area contributed by atoms with Crippen LogP contribution in [0.3, 0.4) is 0 Å². The van der Waals surface area contributed by atoms with Crippen molar-refractivity contribution in [3.05, 3.63) is 29.3 Å². The molecule has 1 aliphatic heterocycles. The Bertz CT molecular complexity index is 1170. The number of sulfonamides is 1. The van der Waals surface area contributed by atoms with Crippen molar-refractivity contribution in [3.8, 4) is 5.75 Å². The lowest BCUT2D eigenvalue weighted by Crippen LogP contribution is -2.56. The van der Waals surface area contributed by atoms with Crippen LogP contribution in [-0.4, -0.2) is 60.0 Å². The number of nitrogen functional groups attached to an aromatic ring is 1. The standard InChI is InChI=1S/C28H43N5O5S/c1-2-39(37,38)32-22(14-18-8-4-3-5-9-18)28(36)33-23-11-7-6-10-20(23)16-24(33)27(35)31-17-19-12-13-21(26(29)30)25(34)15-19/h12-13,15,18,20,22-24,32,34H,2-11,14,16-17H2,1H3,(H3,29,30)(H,31,35). The lowest BCUT2D eigenvalue weighted by molar-refractivity contribution is -0.142. The summed E-state index contributed by atoms with van der Waals surface area (Å²) >= 11 is 0. The van der Waals surface area contributed by atoms with Crippen molar-refractivity contribution < 1.29 is 23.1 Å². The predicted octanol–water partition coefficient (Wildman–Crippen LogP) is 2.73. The highest BCUT2D eigenvalue weighted by Gasteiger charge is 2.49. The molecule has 1 saturated heterocycles. The van der Waals surface area contributed by atoms with Crippen molar-refractivity contribution in [1.29, 1.82) is 5.41 Å². The van der Waals surface area contributed by atoms with E-state index in [-0.39, 0.29) is 59.1 Å². The van der Waals surface area contributed by atoms with E-state index >= 15 is 0 Å². The van der Waals surface area contributed by atoms with E-state index in [0.29, 0.717) is 18.4 Å². The average molecular weight is 562 g/mol. The molecule has 11 heteroatoms. The lowest BCUT2D eigenvalue weighted by atomic mass is 9.83. The number of carbonyl (C=O) groups is 2. The summed E-state index contributed by atoms with van der Waals surface area (Å²) in [6.07, 6.45) is 10.2. The first-order valence-corrected chi connectivity index (χ1v) is 16.0. The molecule has 2 saturated carbocycles. The Kier molecular flexibility index (Phi) is 9.53. The van der Waals surface area contributed by atoms with Crippen molar-refractivity contribution in [2.75, 3.05) is 5.75 Å². The molecule has 3 fully saturated rings. The number of aromatic hydroxyl groups is 1. The number of nitrogens with two attached hydrogens (primary N) is 1. The summed E-state index contributed by atoms with van der Waals surface area (Å²) in [7, 11) is -3.62. The Morgan fingerprint density at radius 3 is 2.49 bits per heavy atom. The fourth-order valence-electron chi connectivity index (χ4n) is 6.67. The molecule has 2 aliphatic carbocycles. The topological polar surface area (TPSA) is 166 Å². The van der Waals surface area contributed by atoms with Gasteiger partial charge in [0, 0.05) is 12.6 Å². The van der Waals surface area contributed by atoms with E-state index in [4.69, 9.17) is 11.1 Å². The second-order valence-electron chi connectivity index (χ2n) is 11.4. The zero-order valence-corrected chi connectivity index (χ0v) is 23.6. The van der Waals surface area contributed by atoms with Gasteiger partial charge in [0.1, 0.15) is 23.7 Å². The molecule has 1 aromatic carbocycles. The third kappa shape index (κ3) is 7.11. The number of hydrogen-bond acceptors (Lipinski definition) is 6. The average Bonchev–Trinajstić information content (AvgIpc) is 3.31. The second kappa shape index (κ2) is 12.7. The third-order valence-corrected chi connectivity index (χ3v) is 10.2. The van der Waals surface area contributed by atoms with Gasteiger partial charge in [0.15, 0.2) is 0 Å². The van der Waals surface area contributed by atoms with Gasteiger partial charge in [-0.05, 0) is 62.1 Å². The number of likely N-dealkylation sites (tertiary alicyclic amines) is 1. The number of amides is 2. The number of carbonyl (C=O) groups excluding carboxylic acids is 2. The zero-order valence-electron chi connectivity index (χ0n) is 22.8. The van der Waals surface area contributed by atoms with Gasteiger partial charge in [-0.2, -0.15) is 0 Å².